The molecule has 0 spiro atoms. The third kappa shape index (κ3) is 1.82. The van der Waals surface area contributed by atoms with Gasteiger partial charge >= 0.3 is 12.2 Å². The Bertz CT molecular complexity index is 270. The third-order valence-corrected chi connectivity index (χ3v) is 1.40. The Labute approximate surface area is 69.9 Å². The summed E-state index contributed by atoms with van der Waals surface area (Å²) < 4.78 is 35.8. The number of urea groups is 1. The van der Waals surface area contributed by atoms with E-state index in [1.807, 2.05) is 0 Å². The second-order valence-electron chi connectivity index (χ2n) is 1.96. The molecule has 0 fully saturated rings. The van der Waals surface area contributed by atoms with Crippen molar-refractivity contribution >= 4 is 29.6 Å². The highest BCUT2D eigenvalue weighted by atomic mass is 35.5. The molecule has 0 aliphatic carbocycles. The molecule has 1 unspecified atom stereocenters. The summed E-state index contributed by atoms with van der Waals surface area (Å²) in [4.78, 5) is 16.0. The molecule has 0 bridgehead atoms. The van der Waals surface area contributed by atoms with Crippen LogP contribution >= 0.6 is 11.6 Å². The fourth-order valence-electron chi connectivity index (χ4n) is 0.613. The minimum Gasteiger partial charge on any atom is -0.244 e. The summed E-state index contributed by atoms with van der Waals surface area (Å²) in [5.41, 5.74) is -1.32. The molecule has 0 saturated heterocycles. The third-order valence-electron chi connectivity index (χ3n) is 1.08. The van der Waals surface area contributed by atoms with Crippen molar-refractivity contribution in [2.45, 2.75) is 11.6 Å². The predicted molar refractivity (Wildman–Crippen MR) is 37.0 cm³/mol. The van der Waals surface area contributed by atoms with Crippen molar-refractivity contribution in [1.29, 1.82) is 0 Å². The molecule has 0 saturated carbocycles. The molecule has 1 rings (SSSR count). The predicted octanol–water partition coefficient (Wildman–Crippen LogP) is 1.80. The van der Waals surface area contributed by atoms with Gasteiger partial charge in [-0.15, -0.1) is 11.6 Å². The summed E-state index contributed by atoms with van der Waals surface area (Å²) >= 11 is 5.18. The average Bonchev–Trinajstić information content (AvgIpc) is 1.92. The molecule has 0 radical (unpaired) electrons. The molecule has 66 valence electrons. The summed E-state index contributed by atoms with van der Waals surface area (Å²) in [6, 6.07) is -1.18. The number of aliphatic imine (C=N–C) groups is 2. The van der Waals surface area contributed by atoms with Crippen LogP contribution in [0.15, 0.2) is 9.98 Å². The molecule has 3 nitrogen and oxygen atoms in total. The first-order chi connectivity index (χ1) is 5.41. The van der Waals surface area contributed by atoms with Gasteiger partial charge in [0, 0.05) is 6.21 Å². The Hall–Kier alpha value is -0.910. The zero-order valence-electron chi connectivity index (χ0n) is 5.47. The Morgan fingerprint density at radius 2 is 2.08 bits per heavy atom. The quantitative estimate of drug-likeness (QED) is 0.547. The van der Waals surface area contributed by atoms with Crippen LogP contribution in [0.5, 0.6) is 0 Å². The molecule has 0 N–H and O–H groups in total. The van der Waals surface area contributed by atoms with Crippen LogP contribution in [0.2, 0.25) is 0 Å². The monoisotopic (exact) mass is 198 g/mol. The highest BCUT2D eigenvalue weighted by Crippen LogP contribution is 2.23. The van der Waals surface area contributed by atoms with E-state index in [1.165, 1.54) is 0 Å². The van der Waals surface area contributed by atoms with Gasteiger partial charge in [-0.2, -0.15) is 18.2 Å². The number of halogens is 4. The van der Waals surface area contributed by atoms with Crippen molar-refractivity contribution in [3.63, 3.8) is 0 Å². The molecule has 2 amide bonds. The number of hydrogen-bond acceptors (Lipinski definition) is 1. The molecule has 0 aromatic rings. The number of alkyl halides is 4. The van der Waals surface area contributed by atoms with Crippen molar-refractivity contribution in [1.82, 2.24) is 0 Å². The second-order valence-corrected chi connectivity index (χ2v) is 2.43. The van der Waals surface area contributed by atoms with E-state index in [1.54, 1.807) is 0 Å². The zero-order valence-corrected chi connectivity index (χ0v) is 6.23. The van der Waals surface area contributed by atoms with E-state index in [9.17, 15) is 18.0 Å². The van der Waals surface area contributed by atoms with E-state index in [0.29, 0.717) is 6.21 Å². The Balaban J connectivity index is 2.97. The van der Waals surface area contributed by atoms with Crippen LogP contribution < -0.4 is 0 Å². The van der Waals surface area contributed by atoms with Crippen molar-refractivity contribution in [2.24, 2.45) is 9.98 Å². The standard InChI is InChI=1S/C5H2ClF3N2O/c6-2-1-10-4(12)11-3(2)5(7,8)9/h1-2H. The van der Waals surface area contributed by atoms with Crippen LogP contribution in [0, 0.1) is 0 Å². The lowest BCUT2D eigenvalue weighted by Gasteiger charge is -2.13. The first kappa shape index (κ1) is 9.18. The summed E-state index contributed by atoms with van der Waals surface area (Å²) in [5, 5.41) is -1.47. The number of rotatable bonds is 0. The lowest BCUT2D eigenvalue weighted by Crippen LogP contribution is -2.35. The van der Waals surface area contributed by atoms with E-state index >= 15 is 0 Å². The summed E-state index contributed by atoms with van der Waals surface area (Å²) in [6.07, 6.45) is -3.96. The van der Waals surface area contributed by atoms with Crippen LogP contribution in [0.4, 0.5) is 18.0 Å². The number of amides is 2. The fraction of sp³-hybridized carbons (Fsp3) is 0.400. The maximum Gasteiger partial charge on any atom is 0.431 e. The maximum atomic E-state index is 11.9. The number of nitrogens with zero attached hydrogens (tertiary/aromatic N) is 2. The van der Waals surface area contributed by atoms with Gasteiger partial charge in [-0.05, 0) is 0 Å². The molecule has 1 aliphatic heterocycles. The van der Waals surface area contributed by atoms with Gasteiger partial charge in [-0.25, -0.2) is 9.79 Å². The topological polar surface area (TPSA) is 41.8 Å². The highest BCUT2D eigenvalue weighted by Gasteiger charge is 2.41. The van der Waals surface area contributed by atoms with Gasteiger partial charge in [0.25, 0.3) is 0 Å². The van der Waals surface area contributed by atoms with E-state index < -0.39 is 23.3 Å². The van der Waals surface area contributed by atoms with E-state index in [2.05, 4.69) is 9.98 Å². The van der Waals surface area contributed by atoms with Crippen LogP contribution in [0.25, 0.3) is 0 Å². The van der Waals surface area contributed by atoms with Gasteiger partial charge in [0.15, 0.2) is 5.71 Å². The summed E-state index contributed by atoms with van der Waals surface area (Å²) in [6.45, 7) is 0. The van der Waals surface area contributed by atoms with Crippen LogP contribution in [0.3, 0.4) is 0 Å². The minimum absolute atomic E-state index is 0.708. The van der Waals surface area contributed by atoms with Gasteiger partial charge in [0.2, 0.25) is 0 Å². The van der Waals surface area contributed by atoms with Gasteiger partial charge in [-0.3, -0.25) is 0 Å². The van der Waals surface area contributed by atoms with Crippen molar-refractivity contribution in [3.05, 3.63) is 0 Å². The number of hydrogen-bond donors (Lipinski definition) is 0. The lowest BCUT2D eigenvalue weighted by atomic mass is 10.2. The summed E-state index contributed by atoms with van der Waals surface area (Å²) in [5.74, 6) is 0. The molecule has 0 aromatic heterocycles. The Morgan fingerprint density at radius 3 is 2.50 bits per heavy atom. The molecule has 12 heavy (non-hydrogen) atoms. The molecule has 0 aromatic carbocycles. The van der Waals surface area contributed by atoms with Gasteiger partial charge in [0.1, 0.15) is 5.38 Å². The van der Waals surface area contributed by atoms with Crippen molar-refractivity contribution in [2.75, 3.05) is 0 Å². The smallest absolute Gasteiger partial charge is 0.244 e. The van der Waals surface area contributed by atoms with Crippen LogP contribution in [0.1, 0.15) is 0 Å². The molecule has 7 heteroatoms. The zero-order chi connectivity index (χ0) is 9.35. The fourth-order valence-corrected chi connectivity index (χ4v) is 0.842. The Kier molecular flexibility index (Phi) is 2.18. The highest BCUT2D eigenvalue weighted by molar-refractivity contribution is 6.43. The van der Waals surface area contributed by atoms with Crippen molar-refractivity contribution in [3.8, 4) is 0 Å². The molecular formula is C5H2ClF3N2O. The van der Waals surface area contributed by atoms with Crippen molar-refractivity contribution < 1.29 is 18.0 Å². The Morgan fingerprint density at radius 1 is 1.50 bits per heavy atom. The molecular weight excluding hydrogens is 197 g/mol. The lowest BCUT2D eigenvalue weighted by molar-refractivity contribution is -0.0596. The van der Waals surface area contributed by atoms with Crippen LogP contribution in [-0.4, -0.2) is 29.5 Å². The van der Waals surface area contributed by atoms with Gasteiger partial charge in [-0.1, -0.05) is 0 Å². The second kappa shape index (κ2) is 2.85. The summed E-state index contributed by atoms with van der Waals surface area (Å²) in [7, 11) is 0. The maximum absolute atomic E-state index is 11.9. The minimum atomic E-state index is -4.67. The van der Waals surface area contributed by atoms with Gasteiger partial charge < -0.3 is 0 Å². The average molecular weight is 199 g/mol. The largest absolute Gasteiger partial charge is 0.431 e. The first-order valence-electron chi connectivity index (χ1n) is 2.79. The molecule has 1 aliphatic rings. The number of carbonyl (C=O) groups excluding carboxylic acids is 1. The SMILES string of the molecule is O=C1N=CC(Cl)C(C(F)(F)F)=N1. The van der Waals surface area contributed by atoms with Crippen LogP contribution in [-0.2, 0) is 0 Å². The van der Waals surface area contributed by atoms with E-state index in [0.717, 1.165) is 0 Å². The first-order valence-corrected chi connectivity index (χ1v) is 3.23. The molecule has 1 atom stereocenters. The van der Waals surface area contributed by atoms with Gasteiger partial charge in [0.05, 0.1) is 0 Å². The van der Waals surface area contributed by atoms with E-state index in [-0.39, 0.29) is 0 Å². The molecule has 1 heterocycles. The number of carbonyl (C=O) groups is 1. The normalized spacial score (nSPS) is 24.2. The van der Waals surface area contributed by atoms with E-state index in [4.69, 9.17) is 11.6 Å².